The first-order chi connectivity index (χ1) is 13.0. The van der Waals surface area contributed by atoms with Gasteiger partial charge in [-0.2, -0.15) is 0 Å². The second-order valence-corrected chi connectivity index (χ2v) is 8.94. The number of aromatic nitrogens is 2. The predicted molar refractivity (Wildman–Crippen MR) is 109 cm³/mol. The average Bonchev–Trinajstić information content (AvgIpc) is 3.20. The van der Waals surface area contributed by atoms with Gasteiger partial charge in [0.1, 0.15) is 0 Å². The molecule has 0 saturated carbocycles. The Labute approximate surface area is 164 Å². The summed E-state index contributed by atoms with van der Waals surface area (Å²) >= 11 is 0. The Kier molecular flexibility index (Phi) is 7.16. The molecule has 1 aromatic heterocycles. The van der Waals surface area contributed by atoms with E-state index in [-0.39, 0.29) is 6.03 Å². The molecule has 2 aliphatic heterocycles. The van der Waals surface area contributed by atoms with Crippen LogP contribution >= 0.6 is 0 Å². The van der Waals surface area contributed by atoms with Crippen LogP contribution in [0.15, 0.2) is 18.7 Å². The number of hydrogen-bond donors (Lipinski definition) is 1. The van der Waals surface area contributed by atoms with E-state index in [0.29, 0.717) is 17.9 Å². The van der Waals surface area contributed by atoms with Crippen molar-refractivity contribution < 1.29 is 4.79 Å². The quantitative estimate of drug-likeness (QED) is 0.830. The van der Waals surface area contributed by atoms with Crippen molar-refractivity contribution in [3.63, 3.8) is 0 Å². The van der Waals surface area contributed by atoms with Crippen LogP contribution in [0.5, 0.6) is 0 Å². The molecule has 1 aromatic rings. The zero-order valence-corrected chi connectivity index (χ0v) is 17.3. The van der Waals surface area contributed by atoms with Crippen LogP contribution in [0.3, 0.4) is 0 Å². The number of amides is 2. The summed E-state index contributed by atoms with van der Waals surface area (Å²) in [6, 6.07) is 0.436. The summed E-state index contributed by atoms with van der Waals surface area (Å²) in [6.07, 6.45) is 10.4. The van der Waals surface area contributed by atoms with E-state index in [9.17, 15) is 4.79 Å². The Bertz CT molecular complexity index is 565. The number of carbonyl (C=O) groups is 1. The number of imidazole rings is 1. The van der Waals surface area contributed by atoms with Crippen molar-refractivity contribution >= 4 is 6.03 Å². The lowest BCUT2D eigenvalue weighted by Gasteiger charge is -2.38. The van der Waals surface area contributed by atoms with Crippen molar-refractivity contribution in [3.8, 4) is 0 Å². The van der Waals surface area contributed by atoms with Crippen LogP contribution in [-0.4, -0.2) is 64.7 Å². The molecule has 27 heavy (non-hydrogen) atoms. The summed E-state index contributed by atoms with van der Waals surface area (Å²) in [7, 11) is 0. The van der Waals surface area contributed by atoms with Gasteiger partial charge in [0.25, 0.3) is 0 Å². The minimum Gasteiger partial charge on any atom is -0.338 e. The fourth-order valence-corrected chi connectivity index (χ4v) is 4.29. The Morgan fingerprint density at radius 3 is 2.67 bits per heavy atom. The van der Waals surface area contributed by atoms with Gasteiger partial charge >= 0.3 is 6.03 Å². The molecular formula is C21H37N5O. The second-order valence-electron chi connectivity index (χ2n) is 8.94. The highest BCUT2D eigenvalue weighted by molar-refractivity contribution is 5.74. The molecule has 0 aliphatic carbocycles. The van der Waals surface area contributed by atoms with Crippen LogP contribution in [0.25, 0.3) is 0 Å². The second kappa shape index (κ2) is 9.58. The van der Waals surface area contributed by atoms with Gasteiger partial charge in [0.05, 0.1) is 12.4 Å². The number of rotatable bonds is 6. The Morgan fingerprint density at radius 1 is 1.22 bits per heavy atom. The number of nitrogens with zero attached hydrogens (tertiary/aromatic N) is 4. The predicted octanol–water partition coefficient (Wildman–Crippen LogP) is 3.23. The Hall–Kier alpha value is -1.56. The van der Waals surface area contributed by atoms with Crippen LogP contribution in [0.2, 0.25) is 0 Å². The molecule has 0 aromatic carbocycles. The molecule has 2 atom stereocenters. The fraction of sp³-hybridized carbons (Fsp3) is 0.810. The highest BCUT2D eigenvalue weighted by Crippen LogP contribution is 2.27. The van der Waals surface area contributed by atoms with Crippen molar-refractivity contribution in [2.75, 3.05) is 39.3 Å². The number of urea groups is 1. The van der Waals surface area contributed by atoms with Gasteiger partial charge in [-0.05, 0) is 63.1 Å². The molecule has 0 bridgehead atoms. The smallest absolute Gasteiger partial charge is 0.317 e. The molecule has 2 fully saturated rings. The third-order valence-electron chi connectivity index (χ3n) is 6.39. The summed E-state index contributed by atoms with van der Waals surface area (Å²) in [5, 5.41) is 3.21. The lowest BCUT2D eigenvalue weighted by Crippen LogP contribution is -2.49. The molecule has 0 spiro atoms. The van der Waals surface area contributed by atoms with Gasteiger partial charge in [-0.15, -0.1) is 0 Å². The Balaban J connectivity index is 1.39. The van der Waals surface area contributed by atoms with Gasteiger partial charge in [0.2, 0.25) is 0 Å². The summed E-state index contributed by atoms with van der Waals surface area (Å²) in [6.45, 7) is 12.9. The van der Waals surface area contributed by atoms with E-state index in [4.69, 9.17) is 0 Å². The average molecular weight is 376 g/mol. The SMILES string of the molecule is CC(C)CCN1CCC(CNC(=O)N2CCC(C)C(n3ccnc3)C2)CC1. The topological polar surface area (TPSA) is 53.4 Å². The molecule has 6 heteroatoms. The lowest BCUT2D eigenvalue weighted by atomic mass is 9.93. The summed E-state index contributed by atoms with van der Waals surface area (Å²) in [5.74, 6) is 1.97. The maximum atomic E-state index is 12.7. The summed E-state index contributed by atoms with van der Waals surface area (Å²) in [5.41, 5.74) is 0. The molecule has 3 heterocycles. The largest absolute Gasteiger partial charge is 0.338 e. The first-order valence-corrected chi connectivity index (χ1v) is 10.8. The maximum Gasteiger partial charge on any atom is 0.317 e. The molecule has 152 valence electrons. The summed E-state index contributed by atoms with van der Waals surface area (Å²) < 4.78 is 2.15. The van der Waals surface area contributed by atoms with E-state index in [1.54, 1.807) is 0 Å². The van der Waals surface area contributed by atoms with Gasteiger partial charge in [0.15, 0.2) is 0 Å². The van der Waals surface area contributed by atoms with E-state index in [1.165, 1.54) is 38.9 Å². The molecule has 1 N–H and O–H groups in total. The third kappa shape index (κ3) is 5.71. The van der Waals surface area contributed by atoms with Crippen LogP contribution in [0.4, 0.5) is 4.79 Å². The monoisotopic (exact) mass is 375 g/mol. The van der Waals surface area contributed by atoms with E-state index in [0.717, 1.165) is 32.0 Å². The summed E-state index contributed by atoms with van der Waals surface area (Å²) in [4.78, 5) is 21.4. The molecule has 2 aliphatic rings. The van der Waals surface area contributed by atoms with Crippen LogP contribution in [0.1, 0.15) is 52.5 Å². The van der Waals surface area contributed by atoms with Gasteiger partial charge < -0.3 is 19.7 Å². The fourth-order valence-electron chi connectivity index (χ4n) is 4.29. The molecule has 3 rings (SSSR count). The first kappa shape index (κ1) is 20.2. The Morgan fingerprint density at radius 2 is 2.00 bits per heavy atom. The zero-order chi connectivity index (χ0) is 19.2. The minimum absolute atomic E-state index is 0.106. The molecule has 2 amide bonds. The van der Waals surface area contributed by atoms with Gasteiger partial charge in [0, 0.05) is 32.0 Å². The minimum atomic E-state index is 0.106. The van der Waals surface area contributed by atoms with Crippen molar-refractivity contribution in [1.29, 1.82) is 0 Å². The van der Waals surface area contributed by atoms with Crippen molar-refractivity contribution in [1.82, 2.24) is 24.7 Å². The maximum absolute atomic E-state index is 12.7. The van der Waals surface area contributed by atoms with Crippen molar-refractivity contribution in [2.45, 2.75) is 52.5 Å². The zero-order valence-electron chi connectivity index (χ0n) is 17.3. The molecule has 6 nitrogen and oxygen atoms in total. The molecule has 2 saturated heterocycles. The molecule has 0 radical (unpaired) electrons. The number of nitrogens with one attached hydrogen (secondary N) is 1. The third-order valence-corrected chi connectivity index (χ3v) is 6.39. The van der Waals surface area contributed by atoms with Gasteiger partial charge in [-0.25, -0.2) is 9.78 Å². The van der Waals surface area contributed by atoms with Gasteiger partial charge in [-0.1, -0.05) is 20.8 Å². The standard InChI is InChI=1S/C21H37N5O/c1-17(2)4-9-24-10-6-19(7-11-24)14-23-21(27)25-12-5-18(3)20(15-25)26-13-8-22-16-26/h8,13,16-20H,4-7,9-12,14-15H2,1-3H3,(H,23,27). The lowest BCUT2D eigenvalue weighted by molar-refractivity contribution is 0.135. The number of hydrogen-bond acceptors (Lipinski definition) is 3. The van der Waals surface area contributed by atoms with E-state index in [1.807, 2.05) is 23.6 Å². The molecule has 2 unspecified atom stereocenters. The van der Waals surface area contributed by atoms with Crippen LogP contribution in [0, 0.1) is 17.8 Å². The number of carbonyl (C=O) groups excluding carboxylic acids is 1. The van der Waals surface area contributed by atoms with E-state index >= 15 is 0 Å². The first-order valence-electron chi connectivity index (χ1n) is 10.8. The van der Waals surface area contributed by atoms with Crippen LogP contribution in [-0.2, 0) is 0 Å². The van der Waals surface area contributed by atoms with E-state index in [2.05, 4.69) is 40.5 Å². The highest BCUT2D eigenvalue weighted by Gasteiger charge is 2.30. The van der Waals surface area contributed by atoms with Crippen LogP contribution < -0.4 is 5.32 Å². The normalized spacial score (nSPS) is 25.1. The van der Waals surface area contributed by atoms with Crippen molar-refractivity contribution in [3.05, 3.63) is 18.7 Å². The number of piperidine rings is 2. The van der Waals surface area contributed by atoms with E-state index < -0.39 is 0 Å². The van der Waals surface area contributed by atoms with Crippen molar-refractivity contribution in [2.24, 2.45) is 17.8 Å². The number of likely N-dealkylation sites (tertiary alicyclic amines) is 2. The highest BCUT2D eigenvalue weighted by atomic mass is 16.2. The molecular weight excluding hydrogens is 338 g/mol. The van der Waals surface area contributed by atoms with Gasteiger partial charge in [-0.3, -0.25) is 0 Å².